The second-order valence-corrected chi connectivity index (χ2v) is 17.0. The van der Waals surface area contributed by atoms with E-state index in [9.17, 15) is 0 Å². The molecule has 6 aromatic carbocycles. The van der Waals surface area contributed by atoms with Gasteiger partial charge in [-0.3, -0.25) is 6.08 Å². The molecule has 0 spiro atoms. The molecule has 0 aromatic heterocycles. The Hall–Kier alpha value is -2.77. The Morgan fingerprint density at radius 1 is 0.635 bits per heavy atom. The summed E-state index contributed by atoms with van der Waals surface area (Å²) in [5.41, 5.74) is 11.2. The number of halogens is 4. The molecule has 0 atom stereocenters. The third kappa shape index (κ3) is 9.29. The van der Waals surface area contributed by atoms with Crippen molar-refractivity contribution in [2.45, 2.75) is 65.2 Å². The van der Waals surface area contributed by atoms with Gasteiger partial charge in [0.25, 0.3) is 0 Å². The molecule has 0 radical (unpaired) electrons. The van der Waals surface area contributed by atoms with Gasteiger partial charge in [-0.15, -0.1) is 12.0 Å². The minimum Gasteiger partial charge on any atom is -1.00 e. The number of benzene rings is 6. The van der Waals surface area contributed by atoms with E-state index in [0.29, 0.717) is 0 Å². The molecule has 5 heteroatoms. The Morgan fingerprint density at radius 3 is 1.62 bits per heavy atom. The molecular weight excluding hydrogens is 798 g/mol. The number of allylic oxidation sites excluding steroid dienone is 4. The van der Waals surface area contributed by atoms with Gasteiger partial charge < -0.3 is 24.8 Å². The molecule has 0 unspecified atom stereocenters. The van der Waals surface area contributed by atoms with Crippen molar-refractivity contribution < 1.29 is 49.0 Å². The van der Waals surface area contributed by atoms with Gasteiger partial charge in [0.15, 0.2) is 0 Å². The van der Waals surface area contributed by atoms with Crippen LogP contribution in [0.25, 0.3) is 32.7 Å². The van der Waals surface area contributed by atoms with Crippen LogP contribution in [0.2, 0.25) is 10.0 Å². The van der Waals surface area contributed by atoms with Crippen LogP contribution in [0.3, 0.4) is 0 Å². The summed E-state index contributed by atoms with van der Waals surface area (Å²) in [5, 5.41) is 6.15. The van der Waals surface area contributed by atoms with Gasteiger partial charge in [0.1, 0.15) is 0 Å². The van der Waals surface area contributed by atoms with Gasteiger partial charge in [-0.1, -0.05) is 76.3 Å². The Bertz CT molecular complexity index is 2120. The van der Waals surface area contributed by atoms with Crippen molar-refractivity contribution in [1.29, 1.82) is 0 Å². The maximum absolute atomic E-state index is 6.38. The van der Waals surface area contributed by atoms with Crippen molar-refractivity contribution in [2.24, 2.45) is 0 Å². The Morgan fingerprint density at radius 2 is 1.15 bits per heavy atom. The van der Waals surface area contributed by atoms with E-state index in [0.717, 1.165) is 33.7 Å². The van der Waals surface area contributed by atoms with Gasteiger partial charge in [0, 0.05) is 0 Å². The molecule has 0 N–H and O–H groups in total. The van der Waals surface area contributed by atoms with E-state index in [2.05, 4.69) is 139 Å². The first-order valence-corrected chi connectivity index (χ1v) is 19.2. The third-order valence-electron chi connectivity index (χ3n) is 9.39. The minimum atomic E-state index is 0. The number of rotatable bonds is 2. The smallest absolute Gasteiger partial charge is 0.109 e. The van der Waals surface area contributed by atoms with Crippen LogP contribution in [0.4, 0.5) is 0 Å². The molecule has 0 nitrogen and oxygen atoms in total. The fraction of sp³-hybridized carbons (Fsp3) is 0.213. The van der Waals surface area contributed by atoms with E-state index < -0.39 is 0 Å². The zero-order valence-corrected chi connectivity index (χ0v) is 36.0. The van der Waals surface area contributed by atoms with Crippen LogP contribution in [0.15, 0.2) is 121 Å². The van der Waals surface area contributed by atoms with Crippen molar-refractivity contribution in [3.63, 3.8) is 0 Å². The summed E-state index contributed by atoms with van der Waals surface area (Å²) in [6, 6.07) is 39.9. The molecular formula is C47H42Cl4Zr-2. The first-order chi connectivity index (χ1) is 23.8. The fourth-order valence-electron chi connectivity index (χ4n) is 6.43. The molecule has 6 aromatic rings. The van der Waals surface area contributed by atoms with Crippen LogP contribution in [0.1, 0.15) is 81.3 Å². The van der Waals surface area contributed by atoms with Crippen molar-refractivity contribution in [2.75, 3.05) is 0 Å². The molecule has 0 saturated heterocycles. The van der Waals surface area contributed by atoms with Gasteiger partial charge in [-0.25, -0.2) is 12.2 Å². The summed E-state index contributed by atoms with van der Waals surface area (Å²) in [6.45, 7) is 13.6. The fourth-order valence-corrected chi connectivity index (χ4v) is 7.96. The first kappa shape index (κ1) is 42.0. The summed E-state index contributed by atoms with van der Waals surface area (Å²) in [4.78, 5) is 0. The van der Waals surface area contributed by atoms with E-state index in [-0.39, 0.29) is 35.6 Å². The van der Waals surface area contributed by atoms with Crippen LogP contribution in [0.5, 0.6) is 0 Å². The minimum absolute atomic E-state index is 0. The Labute approximate surface area is 347 Å². The zero-order chi connectivity index (χ0) is 35.6. The third-order valence-corrected chi connectivity index (χ3v) is 11.4. The molecule has 0 saturated carbocycles. The van der Waals surface area contributed by atoms with Gasteiger partial charge in [-0.05, 0) is 17.4 Å². The van der Waals surface area contributed by atoms with E-state index >= 15 is 0 Å². The molecule has 2 aliphatic carbocycles. The average Bonchev–Trinajstić information content (AvgIpc) is 3.80. The van der Waals surface area contributed by atoms with E-state index in [1.807, 2.05) is 36.4 Å². The number of hydrogen-bond acceptors (Lipinski definition) is 0. The normalized spacial score (nSPS) is 12.5. The van der Waals surface area contributed by atoms with Gasteiger partial charge in [0.2, 0.25) is 0 Å². The Kier molecular flexibility index (Phi) is 14.2. The van der Waals surface area contributed by atoms with Crippen molar-refractivity contribution in [3.05, 3.63) is 177 Å². The van der Waals surface area contributed by atoms with Crippen LogP contribution in [0, 0.1) is 12.1 Å². The van der Waals surface area contributed by atoms with Crippen molar-refractivity contribution in [1.82, 2.24) is 0 Å². The maximum Gasteiger partial charge on any atom is -0.109 e. The van der Waals surface area contributed by atoms with E-state index in [1.165, 1.54) is 82.7 Å². The van der Waals surface area contributed by atoms with Gasteiger partial charge in [0.05, 0.1) is 0 Å². The van der Waals surface area contributed by atoms with Gasteiger partial charge >= 0.3 is 166 Å². The molecule has 0 amide bonds. The van der Waals surface area contributed by atoms with Crippen LogP contribution >= 0.6 is 23.2 Å². The molecule has 0 heterocycles. The van der Waals surface area contributed by atoms with Gasteiger partial charge in [-0.2, -0.15) is 35.4 Å². The topological polar surface area (TPSA) is 0 Å². The molecule has 0 aliphatic heterocycles. The Balaban J connectivity index is 0.000000199. The molecule has 2 aliphatic rings. The monoisotopic (exact) mass is 836 g/mol. The van der Waals surface area contributed by atoms with E-state index in [4.69, 9.17) is 23.2 Å². The predicted molar refractivity (Wildman–Crippen MR) is 214 cm³/mol. The zero-order valence-electron chi connectivity index (χ0n) is 30.5. The predicted octanol–water partition coefficient (Wildman–Crippen LogP) is 7.38. The van der Waals surface area contributed by atoms with Crippen LogP contribution < -0.4 is 24.8 Å². The summed E-state index contributed by atoms with van der Waals surface area (Å²) < 4.78 is 1.31. The number of hydrogen-bond donors (Lipinski definition) is 0. The van der Waals surface area contributed by atoms with Crippen LogP contribution in [-0.4, -0.2) is 3.21 Å². The summed E-state index contributed by atoms with van der Waals surface area (Å²) in [6.07, 6.45) is 11.0. The average molecular weight is 840 g/mol. The van der Waals surface area contributed by atoms with E-state index in [1.54, 1.807) is 0 Å². The molecule has 0 bridgehead atoms. The summed E-state index contributed by atoms with van der Waals surface area (Å²) in [7, 11) is 0. The maximum atomic E-state index is 6.38. The standard InChI is InChI=1S/C21H12Cl2.C21H25.C5H5.2ClH.Zr/c22-20-11-9-14(16-5-1-3-7-18(16)20)13-15-10-12-21(23)19-8-4-2-6-17(15)19;1-20(2,3)16-9-7-14-11-15-8-10-17(21(4,5)6)13-19(15)18(14)12-16;1-2-4-5-3-1;;;/h1-12H;7,9-10,12-13H,11H2,1-6H3;1-3H,4H2;2*1H;/q;2*-1;;;+2/p-2. The van der Waals surface area contributed by atoms with Crippen LogP contribution in [-0.2, 0) is 41.5 Å². The van der Waals surface area contributed by atoms with Crippen molar-refractivity contribution >= 4 is 48.0 Å². The molecule has 0 fully saturated rings. The quantitative estimate of drug-likeness (QED) is 0.160. The SMILES string of the molecule is CC(C)(C)c1c[c-]c2c(c1)-c1cc(C(C)(C)C)ccc1C2.Clc1ccc([C](=[Zr+2])c2ccc(Cl)c3ccccc23)c2ccccc12.[C-]1=CC=CC1.[Cl-].[Cl-]. The molecule has 8 rings (SSSR count). The largest absolute Gasteiger partial charge is 1.00 e. The summed E-state index contributed by atoms with van der Waals surface area (Å²) >= 11 is 14.1. The number of fused-ring (bicyclic) bond motifs is 5. The van der Waals surface area contributed by atoms with Crippen molar-refractivity contribution in [3.8, 4) is 11.1 Å². The second-order valence-electron chi connectivity index (χ2n) is 15.0. The summed E-state index contributed by atoms with van der Waals surface area (Å²) in [5.74, 6) is 0. The molecule has 264 valence electrons. The second kappa shape index (κ2) is 17.6. The first-order valence-electron chi connectivity index (χ1n) is 17.2. The molecule has 52 heavy (non-hydrogen) atoms.